The van der Waals surface area contributed by atoms with Crippen molar-refractivity contribution >= 4 is 38.9 Å². The molecule has 0 aliphatic carbocycles. The molecule has 0 saturated heterocycles. The van der Waals surface area contributed by atoms with Gasteiger partial charge in [0.25, 0.3) is 15.9 Å². The first-order valence-corrected chi connectivity index (χ1v) is 12.1. The number of sulfonamides is 1. The van der Waals surface area contributed by atoms with Crippen molar-refractivity contribution < 1.29 is 17.9 Å². The van der Waals surface area contributed by atoms with E-state index in [2.05, 4.69) is 10.0 Å². The molecule has 1 amide bonds. The van der Waals surface area contributed by atoms with E-state index in [9.17, 15) is 13.2 Å². The van der Waals surface area contributed by atoms with E-state index in [0.29, 0.717) is 35.1 Å². The molecule has 0 atom stereocenters. The van der Waals surface area contributed by atoms with E-state index in [1.807, 2.05) is 32.0 Å². The van der Waals surface area contributed by atoms with Gasteiger partial charge in [-0.1, -0.05) is 42.8 Å². The lowest BCUT2D eigenvalue weighted by Gasteiger charge is -2.17. The minimum atomic E-state index is -3.91. The predicted octanol–water partition coefficient (Wildman–Crippen LogP) is 5.66. The third-order valence-electron chi connectivity index (χ3n) is 4.87. The first-order valence-electron chi connectivity index (χ1n) is 10.2. The Bertz CT molecular complexity index is 1240. The molecule has 3 rings (SSSR count). The number of amides is 1. The van der Waals surface area contributed by atoms with Crippen molar-refractivity contribution in [2.75, 3.05) is 16.6 Å². The number of hydrogen-bond donors (Lipinski definition) is 2. The molecule has 0 radical (unpaired) electrons. The highest BCUT2D eigenvalue weighted by Crippen LogP contribution is 2.31. The minimum absolute atomic E-state index is 0.00709. The van der Waals surface area contributed by atoms with Crippen LogP contribution in [0.25, 0.3) is 0 Å². The van der Waals surface area contributed by atoms with E-state index in [-0.39, 0.29) is 10.6 Å². The summed E-state index contributed by atoms with van der Waals surface area (Å²) >= 11 is 5.98. The number of carbonyl (C=O) groups excluding carboxylic acids is 1. The van der Waals surface area contributed by atoms with Gasteiger partial charge in [-0.25, -0.2) is 8.42 Å². The van der Waals surface area contributed by atoms with Crippen LogP contribution in [0, 0.1) is 6.92 Å². The van der Waals surface area contributed by atoms with Gasteiger partial charge in [0, 0.05) is 10.6 Å². The van der Waals surface area contributed by atoms with Gasteiger partial charge in [0.2, 0.25) is 0 Å². The zero-order chi connectivity index (χ0) is 23.3. The third-order valence-corrected chi connectivity index (χ3v) is 6.46. The van der Waals surface area contributed by atoms with E-state index in [0.717, 1.165) is 11.1 Å². The number of halogens is 1. The van der Waals surface area contributed by atoms with Crippen molar-refractivity contribution in [2.45, 2.75) is 32.1 Å². The van der Waals surface area contributed by atoms with Crippen LogP contribution in [0.15, 0.2) is 65.6 Å². The maximum Gasteiger partial charge on any atom is 0.261 e. The molecule has 6 nitrogen and oxygen atoms in total. The average Bonchev–Trinajstić information content (AvgIpc) is 2.76. The highest BCUT2D eigenvalue weighted by molar-refractivity contribution is 7.92. The van der Waals surface area contributed by atoms with Crippen molar-refractivity contribution in [1.29, 1.82) is 0 Å². The summed E-state index contributed by atoms with van der Waals surface area (Å²) in [6.07, 6.45) is 0.684. The number of ether oxygens (including phenoxy) is 1. The van der Waals surface area contributed by atoms with Gasteiger partial charge in [-0.2, -0.15) is 0 Å². The quantitative estimate of drug-likeness (QED) is 0.442. The first-order chi connectivity index (χ1) is 15.2. The van der Waals surface area contributed by atoms with Gasteiger partial charge in [-0.05, 0) is 67.8 Å². The van der Waals surface area contributed by atoms with E-state index in [4.69, 9.17) is 16.3 Å². The standard InChI is InChI=1S/C24H25ClN2O4S/c1-4-17-9-6-8-16(3)23(17)27-32(29,30)20-12-13-22(31-5-2)21(15-20)26-24(28)18-10-7-11-19(25)14-18/h6-15,27H,4-5H2,1-3H3,(H,26,28). The van der Waals surface area contributed by atoms with Crippen LogP contribution in [-0.2, 0) is 16.4 Å². The molecule has 2 N–H and O–H groups in total. The summed E-state index contributed by atoms with van der Waals surface area (Å²) in [6, 6.07) is 16.5. The normalized spacial score (nSPS) is 11.1. The largest absolute Gasteiger partial charge is 0.492 e. The lowest BCUT2D eigenvalue weighted by Crippen LogP contribution is -2.17. The van der Waals surface area contributed by atoms with Crippen molar-refractivity contribution in [1.82, 2.24) is 0 Å². The summed E-state index contributed by atoms with van der Waals surface area (Å²) in [5, 5.41) is 3.16. The fourth-order valence-electron chi connectivity index (χ4n) is 3.24. The number of nitrogens with one attached hydrogen (secondary N) is 2. The van der Waals surface area contributed by atoms with Crippen molar-refractivity contribution in [2.24, 2.45) is 0 Å². The molecule has 168 valence electrons. The lowest BCUT2D eigenvalue weighted by molar-refractivity contribution is 0.102. The maximum atomic E-state index is 13.2. The number of anilines is 2. The highest BCUT2D eigenvalue weighted by atomic mass is 35.5. The molecule has 0 aliphatic heterocycles. The zero-order valence-corrected chi connectivity index (χ0v) is 19.7. The number of carbonyl (C=O) groups is 1. The fraction of sp³-hybridized carbons (Fsp3) is 0.208. The first kappa shape index (κ1) is 23.6. The molecule has 3 aromatic carbocycles. The summed E-state index contributed by atoms with van der Waals surface area (Å²) in [4.78, 5) is 12.7. The Morgan fingerprint density at radius 2 is 1.78 bits per heavy atom. The SMILES string of the molecule is CCOc1ccc(S(=O)(=O)Nc2c(C)cccc2CC)cc1NC(=O)c1cccc(Cl)c1. The van der Waals surface area contributed by atoms with Crippen LogP contribution in [0.3, 0.4) is 0 Å². The molecular weight excluding hydrogens is 448 g/mol. The van der Waals surface area contributed by atoms with E-state index in [1.165, 1.54) is 24.3 Å². The van der Waals surface area contributed by atoms with E-state index >= 15 is 0 Å². The molecule has 0 unspecified atom stereocenters. The average molecular weight is 473 g/mol. The van der Waals surface area contributed by atoms with Crippen molar-refractivity contribution in [3.63, 3.8) is 0 Å². The van der Waals surface area contributed by atoms with Crippen LogP contribution in [0.1, 0.15) is 35.3 Å². The second-order valence-electron chi connectivity index (χ2n) is 7.12. The molecule has 0 bridgehead atoms. The molecule has 0 spiro atoms. The van der Waals surface area contributed by atoms with Gasteiger partial charge in [0.1, 0.15) is 5.75 Å². The Morgan fingerprint density at radius 3 is 2.47 bits per heavy atom. The fourth-order valence-corrected chi connectivity index (χ4v) is 4.63. The minimum Gasteiger partial charge on any atom is -0.492 e. The summed E-state index contributed by atoms with van der Waals surface area (Å²) in [7, 11) is -3.91. The van der Waals surface area contributed by atoms with E-state index in [1.54, 1.807) is 25.1 Å². The second-order valence-corrected chi connectivity index (χ2v) is 9.24. The Kier molecular flexibility index (Phi) is 7.43. The maximum absolute atomic E-state index is 13.2. The Morgan fingerprint density at radius 1 is 1.03 bits per heavy atom. The van der Waals surface area contributed by atoms with Crippen LogP contribution in [0.4, 0.5) is 11.4 Å². The van der Waals surface area contributed by atoms with Crippen LogP contribution >= 0.6 is 11.6 Å². The van der Waals surface area contributed by atoms with Gasteiger partial charge >= 0.3 is 0 Å². The topological polar surface area (TPSA) is 84.5 Å². The number of hydrogen-bond acceptors (Lipinski definition) is 4. The summed E-state index contributed by atoms with van der Waals surface area (Å²) in [5.74, 6) is -0.0601. The Balaban J connectivity index is 1.97. The van der Waals surface area contributed by atoms with Gasteiger partial charge in [0.15, 0.2) is 0 Å². The van der Waals surface area contributed by atoms with Gasteiger partial charge in [-0.3, -0.25) is 9.52 Å². The number of rotatable bonds is 8. The lowest BCUT2D eigenvalue weighted by atomic mass is 10.1. The van der Waals surface area contributed by atoms with Crippen LogP contribution < -0.4 is 14.8 Å². The molecular formula is C24H25ClN2O4S. The number of aryl methyl sites for hydroxylation is 2. The molecule has 0 aliphatic rings. The molecule has 0 saturated carbocycles. The molecule has 8 heteroatoms. The van der Waals surface area contributed by atoms with Gasteiger partial charge in [-0.15, -0.1) is 0 Å². The molecule has 0 fully saturated rings. The van der Waals surface area contributed by atoms with Gasteiger partial charge < -0.3 is 10.1 Å². The Hall–Kier alpha value is -3.03. The second kappa shape index (κ2) is 10.1. The van der Waals surface area contributed by atoms with Gasteiger partial charge in [0.05, 0.1) is 22.9 Å². The van der Waals surface area contributed by atoms with Crippen LogP contribution in [0.5, 0.6) is 5.75 Å². The smallest absolute Gasteiger partial charge is 0.261 e. The molecule has 0 heterocycles. The van der Waals surface area contributed by atoms with E-state index < -0.39 is 15.9 Å². The molecule has 3 aromatic rings. The highest BCUT2D eigenvalue weighted by Gasteiger charge is 2.20. The summed E-state index contributed by atoms with van der Waals surface area (Å²) in [5.41, 5.74) is 2.88. The molecule has 32 heavy (non-hydrogen) atoms. The summed E-state index contributed by atoms with van der Waals surface area (Å²) < 4.78 is 34.6. The van der Waals surface area contributed by atoms with Crippen molar-refractivity contribution in [3.05, 3.63) is 82.4 Å². The van der Waals surface area contributed by atoms with Crippen LogP contribution in [0.2, 0.25) is 5.02 Å². The third kappa shape index (κ3) is 5.41. The monoisotopic (exact) mass is 472 g/mol. The summed E-state index contributed by atoms with van der Waals surface area (Å²) in [6.45, 7) is 5.98. The predicted molar refractivity (Wildman–Crippen MR) is 128 cm³/mol. The number of benzene rings is 3. The zero-order valence-electron chi connectivity index (χ0n) is 18.1. The van der Waals surface area contributed by atoms with Crippen molar-refractivity contribution in [3.8, 4) is 5.75 Å². The number of para-hydroxylation sites is 1. The Labute approximate surface area is 193 Å². The molecule has 0 aromatic heterocycles. The van der Waals surface area contributed by atoms with Crippen LogP contribution in [-0.4, -0.2) is 20.9 Å².